The lowest BCUT2D eigenvalue weighted by molar-refractivity contribution is -0.126. The second-order valence-corrected chi connectivity index (χ2v) is 5.46. The Labute approximate surface area is 123 Å². The number of hydrogen-bond acceptors (Lipinski definition) is 4. The number of carbonyl (C=O) groups is 2. The number of anilines is 1. The molecule has 5 heteroatoms. The summed E-state index contributed by atoms with van der Waals surface area (Å²) in [6.07, 6.45) is 1.48. The summed E-state index contributed by atoms with van der Waals surface area (Å²) in [6.45, 7) is 5.22. The molecule has 0 unspecified atom stereocenters. The molecule has 1 amide bonds. The molecule has 1 aliphatic rings. The molecule has 0 aromatic heterocycles. The molecule has 20 heavy (non-hydrogen) atoms. The number of ketones is 1. The van der Waals surface area contributed by atoms with E-state index in [0.29, 0.717) is 6.54 Å². The van der Waals surface area contributed by atoms with Crippen LogP contribution in [0.1, 0.15) is 20.3 Å². The van der Waals surface area contributed by atoms with E-state index >= 15 is 0 Å². The molecule has 1 aliphatic heterocycles. The molecule has 0 aliphatic carbocycles. The number of nitrogens with one attached hydrogen (secondary N) is 1. The zero-order valence-corrected chi connectivity index (χ0v) is 12.5. The Morgan fingerprint density at radius 1 is 1.30 bits per heavy atom. The summed E-state index contributed by atoms with van der Waals surface area (Å²) in [4.78, 5) is 26.6. The fraction of sp³-hybridized carbons (Fsp3) is 0.333. The van der Waals surface area contributed by atoms with E-state index in [4.69, 9.17) is 0 Å². The number of rotatable bonds is 5. The molecule has 1 N–H and O–H groups in total. The van der Waals surface area contributed by atoms with Gasteiger partial charge < -0.3 is 10.2 Å². The van der Waals surface area contributed by atoms with E-state index in [0.717, 1.165) is 22.2 Å². The number of para-hydroxylation sites is 1. The largest absolute Gasteiger partial charge is 0.356 e. The Morgan fingerprint density at radius 3 is 2.75 bits per heavy atom. The van der Waals surface area contributed by atoms with Gasteiger partial charge in [0.1, 0.15) is 0 Å². The van der Waals surface area contributed by atoms with Gasteiger partial charge in [-0.25, -0.2) is 0 Å². The van der Waals surface area contributed by atoms with Crippen LogP contribution in [0, 0.1) is 0 Å². The number of nitrogens with zero attached hydrogens (tertiary/aromatic N) is 1. The number of fused-ring (bicyclic) bond motifs is 1. The predicted molar refractivity (Wildman–Crippen MR) is 81.7 cm³/mol. The fourth-order valence-corrected chi connectivity index (χ4v) is 3.28. The van der Waals surface area contributed by atoms with Gasteiger partial charge >= 0.3 is 0 Å². The highest BCUT2D eigenvalue weighted by molar-refractivity contribution is 8.03. The molecule has 0 spiro atoms. The number of allylic oxidation sites excluding steroid dienone is 1. The summed E-state index contributed by atoms with van der Waals surface area (Å²) in [5.41, 5.74) is 1.12. The Bertz CT molecular complexity index is 555. The number of hydrogen-bond donors (Lipinski definition) is 1. The standard InChI is InChI=1S/C15H18N2O2S/c1-3-16-14(19)9-11(18)10-15-17(4-2)12-7-5-6-8-13(12)20-15/h5-8,10H,3-4,9H2,1-2H3,(H,16,19). The molecule has 4 nitrogen and oxygen atoms in total. The first-order valence-electron chi connectivity index (χ1n) is 6.71. The first-order valence-corrected chi connectivity index (χ1v) is 7.53. The smallest absolute Gasteiger partial charge is 0.227 e. The molecule has 106 valence electrons. The Balaban J connectivity index is 2.12. The van der Waals surface area contributed by atoms with Gasteiger partial charge in [0, 0.05) is 24.1 Å². The molecule has 0 fully saturated rings. The van der Waals surface area contributed by atoms with Gasteiger partial charge in [0.05, 0.1) is 17.1 Å². The maximum absolute atomic E-state index is 11.9. The van der Waals surface area contributed by atoms with Crippen molar-refractivity contribution in [3.8, 4) is 0 Å². The summed E-state index contributed by atoms with van der Waals surface area (Å²) in [5.74, 6) is -0.386. The van der Waals surface area contributed by atoms with Gasteiger partial charge in [-0.2, -0.15) is 0 Å². The van der Waals surface area contributed by atoms with E-state index in [9.17, 15) is 9.59 Å². The first-order chi connectivity index (χ1) is 9.65. The molecular weight excluding hydrogens is 272 g/mol. The van der Waals surface area contributed by atoms with Crippen molar-refractivity contribution < 1.29 is 9.59 Å². The summed E-state index contributed by atoms with van der Waals surface area (Å²) in [6, 6.07) is 8.05. The van der Waals surface area contributed by atoms with Crippen molar-refractivity contribution in [2.45, 2.75) is 25.2 Å². The topological polar surface area (TPSA) is 49.4 Å². The Kier molecular flexibility index (Phi) is 4.84. The zero-order chi connectivity index (χ0) is 14.5. The van der Waals surface area contributed by atoms with Gasteiger partial charge in [0.2, 0.25) is 5.91 Å². The minimum Gasteiger partial charge on any atom is -0.356 e. The second kappa shape index (κ2) is 6.61. The highest BCUT2D eigenvalue weighted by Gasteiger charge is 2.24. The van der Waals surface area contributed by atoms with Crippen LogP contribution < -0.4 is 10.2 Å². The number of carbonyl (C=O) groups excluding carboxylic acids is 2. The van der Waals surface area contributed by atoms with Crippen LogP contribution in [0.25, 0.3) is 0 Å². The van der Waals surface area contributed by atoms with Crippen LogP contribution in [0.4, 0.5) is 5.69 Å². The quantitative estimate of drug-likeness (QED) is 0.669. The third-order valence-corrected chi connectivity index (χ3v) is 4.06. The minimum absolute atomic E-state index is 0.0915. The van der Waals surface area contributed by atoms with Crippen molar-refractivity contribution in [2.75, 3.05) is 18.0 Å². The maximum Gasteiger partial charge on any atom is 0.227 e. The number of thioether (sulfide) groups is 1. The van der Waals surface area contributed by atoms with Crippen LogP contribution in [0.2, 0.25) is 0 Å². The molecular formula is C15H18N2O2S. The Morgan fingerprint density at radius 2 is 2.05 bits per heavy atom. The average molecular weight is 290 g/mol. The summed E-state index contributed by atoms with van der Waals surface area (Å²) in [7, 11) is 0. The van der Waals surface area contributed by atoms with Gasteiger partial charge in [-0.3, -0.25) is 9.59 Å². The predicted octanol–water partition coefficient (Wildman–Crippen LogP) is 2.56. The highest BCUT2D eigenvalue weighted by atomic mass is 32.2. The van der Waals surface area contributed by atoms with Crippen molar-refractivity contribution >= 4 is 29.1 Å². The summed E-state index contributed by atoms with van der Waals surface area (Å²) in [5, 5.41) is 3.53. The molecule has 2 rings (SSSR count). The van der Waals surface area contributed by atoms with E-state index in [-0.39, 0.29) is 18.1 Å². The summed E-state index contributed by atoms with van der Waals surface area (Å²) >= 11 is 1.57. The van der Waals surface area contributed by atoms with Crippen molar-refractivity contribution in [2.24, 2.45) is 0 Å². The van der Waals surface area contributed by atoms with Crippen LogP contribution in [0.5, 0.6) is 0 Å². The first kappa shape index (κ1) is 14.7. The normalized spacial score (nSPS) is 15.3. The molecule has 0 atom stereocenters. The average Bonchev–Trinajstić information content (AvgIpc) is 2.75. The van der Waals surface area contributed by atoms with Gasteiger partial charge in [-0.05, 0) is 26.0 Å². The zero-order valence-electron chi connectivity index (χ0n) is 11.7. The molecule has 1 heterocycles. The van der Waals surface area contributed by atoms with Gasteiger partial charge in [0.15, 0.2) is 5.78 Å². The van der Waals surface area contributed by atoms with Crippen molar-refractivity contribution in [1.29, 1.82) is 0 Å². The lowest BCUT2D eigenvalue weighted by atomic mass is 10.2. The van der Waals surface area contributed by atoms with Crippen LogP contribution in [-0.2, 0) is 9.59 Å². The van der Waals surface area contributed by atoms with Crippen molar-refractivity contribution in [1.82, 2.24) is 5.32 Å². The van der Waals surface area contributed by atoms with E-state index in [1.807, 2.05) is 38.1 Å². The van der Waals surface area contributed by atoms with Gasteiger partial charge in [0.25, 0.3) is 0 Å². The fourth-order valence-electron chi connectivity index (χ4n) is 2.09. The molecule has 1 aromatic carbocycles. The van der Waals surface area contributed by atoms with E-state index in [1.54, 1.807) is 17.8 Å². The van der Waals surface area contributed by atoms with Crippen molar-refractivity contribution in [3.05, 3.63) is 35.4 Å². The maximum atomic E-state index is 11.9. The van der Waals surface area contributed by atoms with E-state index < -0.39 is 0 Å². The lowest BCUT2D eigenvalue weighted by Crippen LogP contribution is -2.25. The Hall–Kier alpha value is -1.75. The van der Waals surface area contributed by atoms with Crippen LogP contribution in [-0.4, -0.2) is 24.8 Å². The second-order valence-electron chi connectivity index (χ2n) is 4.39. The molecule has 0 saturated heterocycles. The number of amides is 1. The van der Waals surface area contributed by atoms with Crippen LogP contribution >= 0.6 is 11.8 Å². The molecule has 0 radical (unpaired) electrons. The summed E-state index contributed by atoms with van der Waals surface area (Å²) < 4.78 is 0. The SMILES string of the molecule is CCNC(=O)CC(=O)C=C1Sc2ccccc2N1CC. The third-order valence-electron chi connectivity index (χ3n) is 2.95. The van der Waals surface area contributed by atoms with Crippen LogP contribution in [0.3, 0.4) is 0 Å². The minimum atomic E-state index is -0.224. The highest BCUT2D eigenvalue weighted by Crippen LogP contribution is 2.45. The van der Waals surface area contributed by atoms with Gasteiger partial charge in [-0.1, -0.05) is 23.9 Å². The molecule has 1 aromatic rings. The third kappa shape index (κ3) is 3.22. The van der Waals surface area contributed by atoms with Gasteiger partial charge in [-0.15, -0.1) is 0 Å². The van der Waals surface area contributed by atoms with E-state index in [2.05, 4.69) is 10.2 Å². The van der Waals surface area contributed by atoms with Crippen LogP contribution in [0.15, 0.2) is 40.3 Å². The molecule has 0 saturated carbocycles. The molecule has 0 bridgehead atoms. The monoisotopic (exact) mass is 290 g/mol. The van der Waals surface area contributed by atoms with E-state index in [1.165, 1.54) is 0 Å². The lowest BCUT2D eigenvalue weighted by Gasteiger charge is -2.17. The van der Waals surface area contributed by atoms with Crippen molar-refractivity contribution in [3.63, 3.8) is 0 Å². The number of benzene rings is 1.